The molecule has 2 atom stereocenters. The predicted octanol–water partition coefficient (Wildman–Crippen LogP) is 2.98. The molecular formula is C14H22N2. The third kappa shape index (κ3) is 3.47. The second-order valence-electron chi connectivity index (χ2n) is 4.36. The molecule has 0 radical (unpaired) electrons. The smallest absolute Gasteiger partial charge is 0.0315 e. The summed E-state index contributed by atoms with van der Waals surface area (Å²) in [5, 5.41) is 0. The van der Waals surface area contributed by atoms with E-state index < -0.39 is 0 Å². The van der Waals surface area contributed by atoms with E-state index >= 15 is 0 Å². The first kappa shape index (κ1) is 12.9. The van der Waals surface area contributed by atoms with Crippen LogP contribution in [0.3, 0.4) is 0 Å². The average Bonchev–Trinajstić information content (AvgIpc) is 2.29. The van der Waals surface area contributed by atoms with Gasteiger partial charge < -0.3 is 0 Å². The molecule has 0 amide bonds. The van der Waals surface area contributed by atoms with Crippen molar-refractivity contribution in [1.29, 1.82) is 0 Å². The van der Waals surface area contributed by atoms with Crippen LogP contribution in [0.25, 0.3) is 0 Å². The molecule has 0 saturated carbocycles. The minimum atomic E-state index is 0.268. The molecule has 0 bridgehead atoms. The summed E-state index contributed by atoms with van der Waals surface area (Å²) < 4.78 is 0. The van der Waals surface area contributed by atoms with E-state index in [0.29, 0.717) is 5.92 Å². The Morgan fingerprint density at radius 2 is 2.00 bits per heavy atom. The number of benzene rings is 1. The maximum absolute atomic E-state index is 5.64. The molecule has 1 aromatic rings. The van der Waals surface area contributed by atoms with Crippen molar-refractivity contribution >= 4 is 0 Å². The molecule has 0 fully saturated rings. The Bertz CT molecular complexity index is 319. The van der Waals surface area contributed by atoms with E-state index in [1.807, 2.05) is 13.0 Å². The first-order valence-electron chi connectivity index (χ1n) is 5.84. The van der Waals surface area contributed by atoms with Crippen LogP contribution in [0.1, 0.15) is 38.2 Å². The highest BCUT2D eigenvalue weighted by Crippen LogP contribution is 2.26. The van der Waals surface area contributed by atoms with Crippen LogP contribution in [-0.2, 0) is 0 Å². The Hall–Kier alpha value is -1.12. The van der Waals surface area contributed by atoms with Crippen LogP contribution in [0.5, 0.6) is 0 Å². The summed E-state index contributed by atoms with van der Waals surface area (Å²) in [4.78, 5) is 0. The Morgan fingerprint density at radius 3 is 2.44 bits per heavy atom. The number of rotatable bonds is 6. The minimum absolute atomic E-state index is 0.268. The standard InChI is InChI=1S/C14H22N2/c1-4-13(12-8-6-5-7-9-12)14(16-15)10-11(2)3/h5-9,13-14,16H,2,4,10,15H2,1,3H3. The zero-order valence-electron chi connectivity index (χ0n) is 10.2. The largest absolute Gasteiger partial charge is 0.271 e. The second-order valence-corrected chi connectivity index (χ2v) is 4.36. The molecule has 3 N–H and O–H groups in total. The molecule has 2 unspecified atom stereocenters. The topological polar surface area (TPSA) is 38.0 Å². The minimum Gasteiger partial charge on any atom is -0.271 e. The lowest BCUT2D eigenvalue weighted by Gasteiger charge is -2.26. The Labute approximate surface area is 98.5 Å². The number of hydrogen-bond acceptors (Lipinski definition) is 2. The highest BCUT2D eigenvalue weighted by Gasteiger charge is 2.20. The highest BCUT2D eigenvalue weighted by atomic mass is 15.2. The van der Waals surface area contributed by atoms with Gasteiger partial charge in [-0.25, -0.2) is 0 Å². The van der Waals surface area contributed by atoms with Crippen LogP contribution in [0.2, 0.25) is 0 Å². The number of hydrazine groups is 1. The van der Waals surface area contributed by atoms with Crippen molar-refractivity contribution in [3.8, 4) is 0 Å². The molecule has 0 aliphatic rings. The number of nitrogens with one attached hydrogen (secondary N) is 1. The quantitative estimate of drug-likeness (QED) is 0.437. The van der Waals surface area contributed by atoms with Crippen molar-refractivity contribution in [2.24, 2.45) is 5.84 Å². The predicted molar refractivity (Wildman–Crippen MR) is 70.0 cm³/mol. The van der Waals surface area contributed by atoms with Gasteiger partial charge in [-0.05, 0) is 25.3 Å². The van der Waals surface area contributed by atoms with Crippen LogP contribution in [0, 0.1) is 0 Å². The molecule has 2 nitrogen and oxygen atoms in total. The van der Waals surface area contributed by atoms with Crippen LogP contribution in [0.15, 0.2) is 42.5 Å². The van der Waals surface area contributed by atoms with Crippen LogP contribution < -0.4 is 11.3 Å². The molecule has 2 heteroatoms. The Kier molecular flexibility index (Phi) is 5.23. The van der Waals surface area contributed by atoms with Gasteiger partial charge in [0.15, 0.2) is 0 Å². The fourth-order valence-corrected chi connectivity index (χ4v) is 2.15. The molecule has 0 aromatic heterocycles. The normalized spacial score (nSPS) is 14.4. The van der Waals surface area contributed by atoms with Crippen molar-refractivity contribution in [1.82, 2.24) is 5.43 Å². The summed E-state index contributed by atoms with van der Waals surface area (Å²) in [7, 11) is 0. The molecule has 0 aliphatic carbocycles. The van der Waals surface area contributed by atoms with Gasteiger partial charge in [-0.1, -0.05) is 42.8 Å². The molecular weight excluding hydrogens is 196 g/mol. The lowest BCUT2D eigenvalue weighted by atomic mass is 9.86. The summed E-state index contributed by atoms with van der Waals surface area (Å²) in [6, 6.07) is 10.8. The van der Waals surface area contributed by atoms with E-state index in [1.54, 1.807) is 0 Å². The Balaban J connectivity index is 2.83. The van der Waals surface area contributed by atoms with Gasteiger partial charge in [-0.2, -0.15) is 0 Å². The fourth-order valence-electron chi connectivity index (χ4n) is 2.15. The molecule has 1 aromatic carbocycles. The van der Waals surface area contributed by atoms with Gasteiger partial charge >= 0.3 is 0 Å². The van der Waals surface area contributed by atoms with E-state index in [-0.39, 0.29) is 6.04 Å². The molecule has 0 aliphatic heterocycles. The molecule has 0 heterocycles. The summed E-state index contributed by atoms with van der Waals surface area (Å²) in [5.74, 6) is 6.09. The maximum atomic E-state index is 5.64. The Morgan fingerprint density at radius 1 is 1.38 bits per heavy atom. The summed E-state index contributed by atoms with van der Waals surface area (Å²) in [5.41, 5.74) is 5.43. The van der Waals surface area contributed by atoms with E-state index in [1.165, 1.54) is 5.56 Å². The molecule has 16 heavy (non-hydrogen) atoms. The third-order valence-corrected chi connectivity index (χ3v) is 2.94. The maximum Gasteiger partial charge on any atom is 0.0315 e. The van der Waals surface area contributed by atoms with Gasteiger partial charge in [0.25, 0.3) is 0 Å². The van der Waals surface area contributed by atoms with Crippen molar-refractivity contribution in [3.63, 3.8) is 0 Å². The lowest BCUT2D eigenvalue weighted by Crippen LogP contribution is -2.39. The van der Waals surface area contributed by atoms with Gasteiger partial charge in [0, 0.05) is 12.0 Å². The first-order chi connectivity index (χ1) is 7.69. The summed E-state index contributed by atoms with van der Waals surface area (Å²) >= 11 is 0. The monoisotopic (exact) mass is 218 g/mol. The first-order valence-corrected chi connectivity index (χ1v) is 5.84. The lowest BCUT2D eigenvalue weighted by molar-refractivity contribution is 0.427. The zero-order chi connectivity index (χ0) is 12.0. The number of nitrogens with two attached hydrogens (primary N) is 1. The van der Waals surface area contributed by atoms with Gasteiger partial charge in [0.1, 0.15) is 0 Å². The van der Waals surface area contributed by atoms with Crippen molar-refractivity contribution in [2.75, 3.05) is 0 Å². The van der Waals surface area contributed by atoms with Crippen molar-refractivity contribution in [2.45, 2.75) is 38.6 Å². The summed E-state index contributed by atoms with van der Waals surface area (Å²) in [6.45, 7) is 8.20. The molecule has 0 spiro atoms. The van der Waals surface area contributed by atoms with E-state index in [0.717, 1.165) is 18.4 Å². The van der Waals surface area contributed by atoms with Crippen LogP contribution in [-0.4, -0.2) is 6.04 Å². The van der Waals surface area contributed by atoms with E-state index in [2.05, 4.69) is 43.2 Å². The summed E-state index contributed by atoms with van der Waals surface area (Å²) in [6.07, 6.45) is 2.00. The van der Waals surface area contributed by atoms with Gasteiger partial charge in [-0.15, -0.1) is 6.58 Å². The van der Waals surface area contributed by atoms with E-state index in [4.69, 9.17) is 5.84 Å². The second kappa shape index (κ2) is 6.46. The molecule has 88 valence electrons. The van der Waals surface area contributed by atoms with Crippen LogP contribution in [0.4, 0.5) is 0 Å². The average molecular weight is 218 g/mol. The highest BCUT2D eigenvalue weighted by molar-refractivity contribution is 5.21. The van der Waals surface area contributed by atoms with Gasteiger partial charge in [0.05, 0.1) is 0 Å². The SMILES string of the molecule is C=C(C)CC(NN)C(CC)c1ccccc1. The third-order valence-electron chi connectivity index (χ3n) is 2.94. The van der Waals surface area contributed by atoms with Gasteiger partial charge in [-0.3, -0.25) is 11.3 Å². The molecule has 0 saturated heterocycles. The zero-order valence-corrected chi connectivity index (χ0v) is 10.2. The van der Waals surface area contributed by atoms with Crippen molar-refractivity contribution in [3.05, 3.63) is 48.0 Å². The molecule has 1 rings (SSSR count). The van der Waals surface area contributed by atoms with E-state index in [9.17, 15) is 0 Å². The number of hydrogen-bond donors (Lipinski definition) is 2. The van der Waals surface area contributed by atoms with Crippen LogP contribution >= 0.6 is 0 Å². The fraction of sp³-hybridized carbons (Fsp3) is 0.429. The van der Waals surface area contributed by atoms with Gasteiger partial charge in [0.2, 0.25) is 0 Å². The van der Waals surface area contributed by atoms with Crippen molar-refractivity contribution < 1.29 is 0 Å².